The van der Waals surface area contributed by atoms with Crippen molar-refractivity contribution in [3.63, 3.8) is 0 Å². The normalized spacial score (nSPS) is 10.2. The molecule has 0 aromatic heterocycles. The smallest absolute Gasteiger partial charge is 0.0746 e. The van der Waals surface area contributed by atoms with Crippen molar-refractivity contribution < 1.29 is 4.84 Å². The first-order valence-electron chi connectivity index (χ1n) is 18.7. The highest BCUT2D eigenvalue weighted by Gasteiger charge is 2.04. The number of rotatable bonds is 23. The van der Waals surface area contributed by atoms with E-state index in [0.29, 0.717) is 0 Å². The van der Waals surface area contributed by atoms with Crippen LogP contribution in [-0.4, -0.2) is 26.2 Å². The quantitative estimate of drug-likeness (QED) is 0.0612. The van der Waals surface area contributed by atoms with E-state index in [1.807, 2.05) is 36.4 Å². The Bertz CT molecular complexity index is 1090. The van der Waals surface area contributed by atoms with E-state index in [4.69, 9.17) is 4.84 Å². The predicted molar refractivity (Wildman–Crippen MR) is 211 cm³/mol. The van der Waals surface area contributed by atoms with Gasteiger partial charge in [-0.15, -0.1) is 6.58 Å². The number of anilines is 3. The third-order valence-electron chi connectivity index (χ3n) is 8.07. The third-order valence-corrected chi connectivity index (χ3v) is 8.07. The van der Waals surface area contributed by atoms with Crippen LogP contribution in [0.3, 0.4) is 0 Å². The Labute approximate surface area is 290 Å². The molecule has 0 radical (unpaired) electrons. The van der Waals surface area contributed by atoms with Gasteiger partial charge in [0.2, 0.25) is 0 Å². The Hall–Kier alpha value is -3.24. The van der Waals surface area contributed by atoms with Crippen molar-refractivity contribution in [3.8, 4) is 0 Å². The van der Waals surface area contributed by atoms with Gasteiger partial charge in [-0.3, -0.25) is 10.3 Å². The Morgan fingerprint density at radius 3 is 1.70 bits per heavy atom. The Morgan fingerprint density at radius 1 is 0.638 bits per heavy atom. The van der Waals surface area contributed by atoms with Crippen molar-refractivity contribution in [3.05, 3.63) is 103 Å². The van der Waals surface area contributed by atoms with Gasteiger partial charge in [-0.05, 0) is 69.0 Å². The maximum absolute atomic E-state index is 5.44. The molecule has 262 valence electrons. The fourth-order valence-corrected chi connectivity index (χ4v) is 5.20. The molecule has 3 aromatic carbocycles. The monoisotopic (exact) mass is 644 g/mol. The SMILES string of the molecule is C=CCNc1ccc(C)cc1C.CCCCCCCCCCCCONc1ccccc1.CCCCN(CCCC)c1ccccc1. The van der Waals surface area contributed by atoms with Crippen LogP contribution in [0.15, 0.2) is 91.5 Å². The summed E-state index contributed by atoms with van der Waals surface area (Å²) in [5.74, 6) is 0. The molecule has 4 nitrogen and oxygen atoms in total. The van der Waals surface area contributed by atoms with E-state index in [2.05, 4.69) is 105 Å². The Balaban J connectivity index is 0.000000365. The molecule has 0 saturated carbocycles. The van der Waals surface area contributed by atoms with E-state index in [1.165, 1.54) is 119 Å². The summed E-state index contributed by atoms with van der Waals surface area (Å²) >= 11 is 0. The molecular formula is C43H69N3O. The standard InChI is InChI=1S/C18H31NO.C14H23N.C11H15N/c1-2-3-4-5-6-7-8-9-10-14-17-20-19-18-15-12-11-13-16-18;1-3-5-12-15(13-6-4-2)14-10-8-7-9-11-14;1-4-7-12-11-6-5-9(2)8-10(11)3/h11-13,15-16,19H,2-10,14,17H2,1H3;7-11H,3-6,12-13H2,1-2H3;4-6,8,12H,1,7H2,2-3H3. The van der Waals surface area contributed by atoms with Gasteiger partial charge < -0.3 is 10.2 Å². The highest BCUT2D eigenvalue weighted by molar-refractivity contribution is 5.52. The highest BCUT2D eigenvalue weighted by Crippen LogP contribution is 2.16. The number of aryl methyl sites for hydroxylation is 2. The number of unbranched alkanes of at least 4 members (excludes halogenated alkanes) is 11. The minimum Gasteiger partial charge on any atom is -0.381 e. The predicted octanol–water partition coefficient (Wildman–Crippen LogP) is 12.9. The van der Waals surface area contributed by atoms with Gasteiger partial charge in [0.15, 0.2) is 0 Å². The summed E-state index contributed by atoms with van der Waals surface area (Å²) < 4.78 is 0. The van der Waals surface area contributed by atoms with Gasteiger partial charge in [0.25, 0.3) is 0 Å². The van der Waals surface area contributed by atoms with Crippen LogP contribution in [0.4, 0.5) is 17.1 Å². The van der Waals surface area contributed by atoms with Crippen LogP contribution in [0.2, 0.25) is 0 Å². The van der Waals surface area contributed by atoms with Gasteiger partial charge in [0.05, 0.1) is 12.3 Å². The van der Waals surface area contributed by atoms with Crippen LogP contribution in [0.5, 0.6) is 0 Å². The lowest BCUT2D eigenvalue weighted by Crippen LogP contribution is -2.25. The van der Waals surface area contributed by atoms with E-state index in [1.54, 1.807) is 0 Å². The van der Waals surface area contributed by atoms with Crippen LogP contribution in [0.1, 0.15) is 122 Å². The second-order valence-electron chi connectivity index (χ2n) is 12.5. The van der Waals surface area contributed by atoms with E-state index in [-0.39, 0.29) is 0 Å². The first kappa shape index (κ1) is 41.8. The number of benzene rings is 3. The van der Waals surface area contributed by atoms with Crippen LogP contribution in [0.25, 0.3) is 0 Å². The first-order valence-corrected chi connectivity index (χ1v) is 18.7. The summed E-state index contributed by atoms with van der Waals surface area (Å²) in [6.07, 6.45) is 20.6. The van der Waals surface area contributed by atoms with Gasteiger partial charge in [-0.25, -0.2) is 0 Å². The fraction of sp³-hybridized carbons (Fsp3) is 0.535. The Morgan fingerprint density at radius 2 is 1.17 bits per heavy atom. The van der Waals surface area contributed by atoms with Crippen LogP contribution >= 0.6 is 0 Å². The zero-order valence-electron chi connectivity index (χ0n) is 30.9. The lowest BCUT2D eigenvalue weighted by Gasteiger charge is -2.24. The number of hydrogen-bond donors (Lipinski definition) is 2. The highest BCUT2D eigenvalue weighted by atomic mass is 16.6. The molecule has 4 heteroatoms. The number of para-hydroxylation sites is 2. The molecule has 0 amide bonds. The maximum atomic E-state index is 5.44. The fourth-order valence-electron chi connectivity index (χ4n) is 5.20. The summed E-state index contributed by atoms with van der Waals surface area (Å²) in [5, 5.41) is 3.27. The van der Waals surface area contributed by atoms with Crippen molar-refractivity contribution in [1.82, 2.24) is 0 Å². The molecule has 0 unspecified atom stereocenters. The van der Waals surface area contributed by atoms with E-state index >= 15 is 0 Å². The molecule has 0 aliphatic carbocycles. The number of nitrogens with one attached hydrogen (secondary N) is 2. The van der Waals surface area contributed by atoms with Gasteiger partial charge >= 0.3 is 0 Å². The molecule has 0 atom stereocenters. The molecule has 0 spiro atoms. The summed E-state index contributed by atoms with van der Waals surface area (Å²) in [7, 11) is 0. The second-order valence-corrected chi connectivity index (χ2v) is 12.5. The summed E-state index contributed by atoms with van der Waals surface area (Å²) in [5.41, 5.74) is 9.16. The molecule has 2 N–H and O–H groups in total. The van der Waals surface area contributed by atoms with Crippen molar-refractivity contribution in [1.29, 1.82) is 0 Å². The molecule has 0 heterocycles. The lowest BCUT2D eigenvalue weighted by atomic mass is 10.1. The molecular weight excluding hydrogens is 574 g/mol. The van der Waals surface area contributed by atoms with E-state index < -0.39 is 0 Å². The molecule has 0 aliphatic heterocycles. The summed E-state index contributed by atoms with van der Waals surface area (Å²) in [4.78, 5) is 7.95. The van der Waals surface area contributed by atoms with E-state index in [0.717, 1.165) is 25.3 Å². The Kier molecular flexibility index (Phi) is 26.8. The third kappa shape index (κ3) is 22.8. The molecule has 0 fully saturated rings. The molecule has 0 saturated heterocycles. The molecule has 3 aromatic rings. The largest absolute Gasteiger partial charge is 0.381 e. The first-order chi connectivity index (χ1) is 23.0. The molecule has 0 bridgehead atoms. The van der Waals surface area contributed by atoms with E-state index in [9.17, 15) is 0 Å². The van der Waals surface area contributed by atoms with Crippen molar-refractivity contribution in [2.45, 2.75) is 125 Å². The number of nitrogens with zero attached hydrogens (tertiary/aromatic N) is 1. The number of hydrogen-bond acceptors (Lipinski definition) is 4. The van der Waals surface area contributed by atoms with Gasteiger partial charge in [-0.2, -0.15) is 0 Å². The minimum absolute atomic E-state index is 0.797. The van der Waals surface area contributed by atoms with Gasteiger partial charge in [-0.1, -0.05) is 152 Å². The lowest BCUT2D eigenvalue weighted by molar-refractivity contribution is 0.187. The van der Waals surface area contributed by atoms with Crippen LogP contribution in [-0.2, 0) is 4.84 Å². The van der Waals surface area contributed by atoms with Crippen molar-refractivity contribution in [2.24, 2.45) is 0 Å². The summed E-state index contributed by atoms with van der Waals surface area (Å²) in [6.45, 7) is 18.7. The van der Waals surface area contributed by atoms with Gasteiger partial charge in [0, 0.05) is 31.0 Å². The van der Waals surface area contributed by atoms with Crippen LogP contribution < -0.4 is 15.7 Å². The average molecular weight is 644 g/mol. The maximum Gasteiger partial charge on any atom is 0.0746 e. The second kappa shape index (κ2) is 30.1. The average Bonchev–Trinajstić information content (AvgIpc) is 3.10. The van der Waals surface area contributed by atoms with Gasteiger partial charge in [0.1, 0.15) is 0 Å². The van der Waals surface area contributed by atoms with Crippen LogP contribution in [0, 0.1) is 13.8 Å². The summed E-state index contributed by atoms with van der Waals surface area (Å²) in [6, 6.07) is 27.2. The topological polar surface area (TPSA) is 36.5 Å². The zero-order chi connectivity index (χ0) is 34.2. The molecule has 3 rings (SSSR count). The molecule has 0 aliphatic rings. The zero-order valence-corrected chi connectivity index (χ0v) is 30.9. The molecule has 47 heavy (non-hydrogen) atoms. The van der Waals surface area contributed by atoms with Crippen molar-refractivity contribution >= 4 is 17.1 Å². The minimum atomic E-state index is 0.797. The van der Waals surface area contributed by atoms with Crippen molar-refractivity contribution in [2.75, 3.05) is 41.9 Å².